The molecule has 0 bridgehead atoms. The smallest absolute Gasteiger partial charge is 0.100 e. The third kappa shape index (κ3) is 3.34. The first kappa shape index (κ1) is 11.7. The molecule has 2 nitrogen and oxygen atoms in total. The van der Waals surface area contributed by atoms with Gasteiger partial charge >= 0.3 is 0 Å². The van der Waals surface area contributed by atoms with Gasteiger partial charge in [0.25, 0.3) is 0 Å². The molecular formula is C12H14FNO. The Hall–Kier alpha value is -1.40. The predicted octanol–water partition coefficient (Wildman–Crippen LogP) is 2.99. The van der Waals surface area contributed by atoms with Crippen LogP contribution < -0.4 is 0 Å². The molecule has 0 saturated heterocycles. The van der Waals surface area contributed by atoms with E-state index in [1.807, 2.05) is 6.07 Å². The molecule has 0 aliphatic carbocycles. The van der Waals surface area contributed by atoms with Crippen molar-refractivity contribution in [2.45, 2.75) is 25.6 Å². The van der Waals surface area contributed by atoms with Gasteiger partial charge in [0.1, 0.15) is 6.17 Å². The van der Waals surface area contributed by atoms with E-state index in [4.69, 9.17) is 10.00 Å². The molecule has 1 aromatic rings. The van der Waals surface area contributed by atoms with E-state index in [9.17, 15) is 4.39 Å². The maximum atomic E-state index is 12.8. The SMILES string of the molecule is COC(CC(C)F)c1ccc(C#N)cc1. The molecule has 2 atom stereocenters. The van der Waals surface area contributed by atoms with Gasteiger partial charge in [-0.2, -0.15) is 5.26 Å². The lowest BCUT2D eigenvalue weighted by Crippen LogP contribution is -2.07. The van der Waals surface area contributed by atoms with Gasteiger partial charge in [-0.05, 0) is 24.6 Å². The Morgan fingerprint density at radius 1 is 1.40 bits per heavy atom. The van der Waals surface area contributed by atoms with Crippen molar-refractivity contribution >= 4 is 0 Å². The molecule has 0 N–H and O–H groups in total. The maximum absolute atomic E-state index is 12.8. The Morgan fingerprint density at radius 2 is 2.00 bits per heavy atom. The first-order valence-electron chi connectivity index (χ1n) is 4.84. The molecule has 0 radical (unpaired) electrons. The van der Waals surface area contributed by atoms with Gasteiger partial charge in [-0.25, -0.2) is 4.39 Å². The zero-order chi connectivity index (χ0) is 11.3. The van der Waals surface area contributed by atoms with E-state index < -0.39 is 6.17 Å². The van der Waals surface area contributed by atoms with Crippen LogP contribution in [0.5, 0.6) is 0 Å². The predicted molar refractivity (Wildman–Crippen MR) is 56.1 cm³/mol. The molecule has 1 aromatic carbocycles. The number of rotatable bonds is 4. The number of halogens is 1. The molecular weight excluding hydrogens is 193 g/mol. The molecule has 0 spiro atoms. The normalized spacial score (nSPS) is 14.3. The highest BCUT2D eigenvalue weighted by Crippen LogP contribution is 2.23. The highest BCUT2D eigenvalue weighted by atomic mass is 19.1. The number of alkyl halides is 1. The molecule has 0 aromatic heterocycles. The molecule has 0 aliphatic rings. The number of methoxy groups -OCH3 is 1. The van der Waals surface area contributed by atoms with Crippen molar-refractivity contribution in [3.8, 4) is 6.07 Å². The monoisotopic (exact) mass is 207 g/mol. The van der Waals surface area contributed by atoms with Crippen LogP contribution in [0.3, 0.4) is 0 Å². The van der Waals surface area contributed by atoms with E-state index >= 15 is 0 Å². The summed E-state index contributed by atoms with van der Waals surface area (Å²) in [6.45, 7) is 1.51. The summed E-state index contributed by atoms with van der Waals surface area (Å²) in [5.74, 6) is 0. The number of hydrogen-bond donors (Lipinski definition) is 0. The highest BCUT2D eigenvalue weighted by molar-refractivity contribution is 5.32. The maximum Gasteiger partial charge on any atom is 0.100 e. The Kier molecular flexibility index (Phi) is 4.26. The van der Waals surface area contributed by atoms with Gasteiger partial charge in [0.05, 0.1) is 17.7 Å². The fourth-order valence-electron chi connectivity index (χ4n) is 1.44. The van der Waals surface area contributed by atoms with Gasteiger partial charge in [-0.1, -0.05) is 12.1 Å². The van der Waals surface area contributed by atoms with Crippen molar-refractivity contribution in [2.24, 2.45) is 0 Å². The summed E-state index contributed by atoms with van der Waals surface area (Å²) >= 11 is 0. The minimum Gasteiger partial charge on any atom is -0.377 e. The fraction of sp³-hybridized carbons (Fsp3) is 0.417. The van der Waals surface area contributed by atoms with Crippen LogP contribution >= 0.6 is 0 Å². The molecule has 3 heteroatoms. The molecule has 80 valence electrons. The lowest BCUT2D eigenvalue weighted by molar-refractivity contribution is 0.0747. The second-order valence-corrected chi connectivity index (χ2v) is 3.47. The molecule has 0 aliphatic heterocycles. The van der Waals surface area contributed by atoms with Crippen LogP contribution in [0.15, 0.2) is 24.3 Å². The van der Waals surface area contributed by atoms with Crippen LogP contribution in [0.4, 0.5) is 4.39 Å². The fourth-order valence-corrected chi connectivity index (χ4v) is 1.44. The van der Waals surface area contributed by atoms with Crippen LogP contribution in [-0.4, -0.2) is 13.3 Å². The third-order valence-corrected chi connectivity index (χ3v) is 2.23. The summed E-state index contributed by atoms with van der Waals surface area (Å²) in [6, 6.07) is 9.06. The minimum absolute atomic E-state index is 0.238. The largest absolute Gasteiger partial charge is 0.377 e. The van der Waals surface area contributed by atoms with Gasteiger partial charge in [0, 0.05) is 13.5 Å². The summed E-state index contributed by atoms with van der Waals surface area (Å²) in [5.41, 5.74) is 1.50. The summed E-state index contributed by atoms with van der Waals surface area (Å²) in [6.07, 6.45) is -0.800. The molecule has 0 fully saturated rings. The number of nitriles is 1. The Morgan fingerprint density at radius 3 is 2.40 bits per heavy atom. The molecule has 0 amide bonds. The number of hydrogen-bond acceptors (Lipinski definition) is 2. The standard InChI is InChI=1S/C12H14FNO/c1-9(13)7-12(15-2)11-5-3-10(8-14)4-6-11/h3-6,9,12H,7H2,1-2H3. The second kappa shape index (κ2) is 5.47. The quantitative estimate of drug-likeness (QED) is 0.760. The van der Waals surface area contributed by atoms with Gasteiger partial charge in [0.2, 0.25) is 0 Å². The van der Waals surface area contributed by atoms with Crippen LogP contribution in [0.25, 0.3) is 0 Å². The van der Waals surface area contributed by atoms with E-state index in [0.717, 1.165) is 5.56 Å². The van der Waals surface area contributed by atoms with Crippen LogP contribution in [-0.2, 0) is 4.74 Å². The van der Waals surface area contributed by atoms with Crippen molar-refractivity contribution in [1.29, 1.82) is 5.26 Å². The third-order valence-electron chi connectivity index (χ3n) is 2.23. The summed E-state index contributed by atoms with van der Waals surface area (Å²) in [5, 5.41) is 8.63. The number of ether oxygens (including phenoxy) is 1. The van der Waals surface area contributed by atoms with Gasteiger partial charge in [-0.3, -0.25) is 0 Å². The van der Waals surface area contributed by atoms with E-state index in [0.29, 0.717) is 12.0 Å². The van der Waals surface area contributed by atoms with Crippen LogP contribution in [0.1, 0.15) is 30.6 Å². The van der Waals surface area contributed by atoms with Crippen LogP contribution in [0.2, 0.25) is 0 Å². The lowest BCUT2D eigenvalue weighted by atomic mass is 10.0. The zero-order valence-corrected chi connectivity index (χ0v) is 8.90. The van der Waals surface area contributed by atoms with Gasteiger partial charge < -0.3 is 4.74 Å². The van der Waals surface area contributed by atoms with E-state index in [2.05, 4.69) is 0 Å². The molecule has 0 heterocycles. The second-order valence-electron chi connectivity index (χ2n) is 3.47. The van der Waals surface area contributed by atoms with Crippen molar-refractivity contribution < 1.29 is 9.13 Å². The number of nitrogens with zero attached hydrogens (tertiary/aromatic N) is 1. The Bertz CT molecular complexity index is 340. The van der Waals surface area contributed by atoms with Crippen molar-refractivity contribution in [3.05, 3.63) is 35.4 Å². The molecule has 15 heavy (non-hydrogen) atoms. The number of benzene rings is 1. The molecule has 1 rings (SSSR count). The lowest BCUT2D eigenvalue weighted by Gasteiger charge is -2.16. The van der Waals surface area contributed by atoms with Crippen molar-refractivity contribution in [1.82, 2.24) is 0 Å². The Balaban J connectivity index is 2.79. The highest BCUT2D eigenvalue weighted by Gasteiger charge is 2.13. The first-order valence-corrected chi connectivity index (χ1v) is 4.84. The molecule has 2 unspecified atom stereocenters. The average Bonchev–Trinajstić information content (AvgIpc) is 2.26. The van der Waals surface area contributed by atoms with E-state index in [1.54, 1.807) is 31.4 Å². The summed E-state index contributed by atoms with van der Waals surface area (Å²) < 4.78 is 18.0. The summed E-state index contributed by atoms with van der Waals surface area (Å²) in [4.78, 5) is 0. The van der Waals surface area contributed by atoms with Crippen molar-refractivity contribution in [3.63, 3.8) is 0 Å². The zero-order valence-electron chi connectivity index (χ0n) is 8.90. The van der Waals surface area contributed by atoms with E-state index in [1.165, 1.54) is 6.92 Å². The van der Waals surface area contributed by atoms with Gasteiger partial charge in [-0.15, -0.1) is 0 Å². The molecule has 0 saturated carbocycles. The average molecular weight is 207 g/mol. The van der Waals surface area contributed by atoms with Gasteiger partial charge in [0.15, 0.2) is 0 Å². The summed E-state index contributed by atoms with van der Waals surface area (Å²) in [7, 11) is 1.56. The minimum atomic E-state index is -0.898. The van der Waals surface area contributed by atoms with E-state index in [-0.39, 0.29) is 6.10 Å². The van der Waals surface area contributed by atoms with Crippen LogP contribution in [0, 0.1) is 11.3 Å². The topological polar surface area (TPSA) is 33.0 Å². The first-order chi connectivity index (χ1) is 7.17. The Labute approximate surface area is 89.3 Å². The van der Waals surface area contributed by atoms with Crippen molar-refractivity contribution in [2.75, 3.05) is 7.11 Å².